The molecule has 0 bridgehead atoms. The largest absolute Gasteiger partial charge is 0.353 e. The molecular weight excluding hydrogens is 256 g/mol. The number of amides is 1. The van der Waals surface area contributed by atoms with Crippen molar-refractivity contribution >= 4 is 5.91 Å². The first-order valence-corrected chi connectivity index (χ1v) is 7.18. The number of carbonyl (C=O) groups excluding carboxylic acids is 1. The molecule has 20 heavy (non-hydrogen) atoms. The summed E-state index contributed by atoms with van der Waals surface area (Å²) in [7, 11) is 0. The number of likely N-dealkylation sites (tertiary alicyclic amines) is 1. The maximum absolute atomic E-state index is 12.2. The van der Waals surface area contributed by atoms with E-state index in [0.717, 1.165) is 12.4 Å². The highest BCUT2D eigenvalue weighted by molar-refractivity contribution is 5.82. The molecule has 112 valence electrons. The van der Waals surface area contributed by atoms with E-state index >= 15 is 0 Å². The third-order valence-corrected chi connectivity index (χ3v) is 3.51. The van der Waals surface area contributed by atoms with Crippen molar-refractivity contribution in [2.75, 3.05) is 6.54 Å². The first-order chi connectivity index (χ1) is 9.51. The van der Waals surface area contributed by atoms with Gasteiger partial charge in [0, 0.05) is 25.2 Å². The minimum Gasteiger partial charge on any atom is -0.353 e. The van der Waals surface area contributed by atoms with Crippen LogP contribution in [0.4, 0.5) is 0 Å². The van der Waals surface area contributed by atoms with Crippen LogP contribution in [-0.2, 0) is 17.9 Å². The van der Waals surface area contributed by atoms with Crippen molar-refractivity contribution in [2.45, 2.75) is 58.4 Å². The van der Waals surface area contributed by atoms with Gasteiger partial charge in [0.25, 0.3) is 0 Å². The lowest BCUT2D eigenvalue weighted by Gasteiger charge is -2.24. The summed E-state index contributed by atoms with van der Waals surface area (Å²) in [5, 5.41) is 7.13. The smallest absolute Gasteiger partial charge is 0.237 e. The number of nitrogens with zero attached hydrogens (tertiary/aromatic N) is 4. The molecule has 1 aromatic heterocycles. The molecule has 1 aliphatic heterocycles. The molecule has 1 aliphatic rings. The summed E-state index contributed by atoms with van der Waals surface area (Å²) < 4.78 is 1.85. The van der Waals surface area contributed by atoms with Crippen molar-refractivity contribution in [1.29, 1.82) is 0 Å². The van der Waals surface area contributed by atoms with Crippen LogP contribution in [0, 0.1) is 0 Å². The van der Waals surface area contributed by atoms with Crippen molar-refractivity contribution < 1.29 is 4.79 Å². The van der Waals surface area contributed by atoms with E-state index in [1.54, 1.807) is 6.33 Å². The number of rotatable bonds is 5. The lowest BCUT2D eigenvalue weighted by Crippen LogP contribution is -2.45. The summed E-state index contributed by atoms with van der Waals surface area (Å²) in [6.07, 6.45) is 2.25. The lowest BCUT2D eigenvalue weighted by atomic mass is 10.1. The third-order valence-electron chi connectivity index (χ3n) is 3.51. The molecule has 0 spiro atoms. The van der Waals surface area contributed by atoms with Crippen LogP contribution < -0.4 is 11.1 Å². The van der Waals surface area contributed by atoms with Gasteiger partial charge in [-0.25, -0.2) is 9.67 Å². The average molecular weight is 280 g/mol. The highest BCUT2D eigenvalue weighted by Gasteiger charge is 2.35. The van der Waals surface area contributed by atoms with E-state index in [0.29, 0.717) is 19.5 Å². The Hall–Kier alpha value is -1.47. The van der Waals surface area contributed by atoms with Gasteiger partial charge in [-0.1, -0.05) is 0 Å². The quantitative estimate of drug-likeness (QED) is 0.774. The number of carbonyl (C=O) groups is 1. The van der Waals surface area contributed by atoms with Crippen molar-refractivity contribution in [3.8, 4) is 0 Å². The molecule has 1 saturated heterocycles. The zero-order valence-electron chi connectivity index (χ0n) is 12.4. The minimum absolute atomic E-state index is 0.0379. The fourth-order valence-electron chi connectivity index (χ4n) is 2.62. The van der Waals surface area contributed by atoms with E-state index in [2.05, 4.69) is 20.3 Å². The van der Waals surface area contributed by atoms with Crippen LogP contribution in [-0.4, -0.2) is 50.2 Å². The van der Waals surface area contributed by atoms with E-state index in [9.17, 15) is 4.79 Å². The predicted molar refractivity (Wildman–Crippen MR) is 75.8 cm³/mol. The van der Waals surface area contributed by atoms with E-state index < -0.39 is 0 Å². The van der Waals surface area contributed by atoms with Gasteiger partial charge < -0.3 is 11.1 Å². The van der Waals surface area contributed by atoms with Crippen LogP contribution in [0.1, 0.15) is 33.0 Å². The summed E-state index contributed by atoms with van der Waals surface area (Å²) in [5.41, 5.74) is 6.02. The Morgan fingerprint density at radius 3 is 3.00 bits per heavy atom. The molecule has 1 fully saturated rings. The molecule has 7 nitrogen and oxygen atoms in total. The first kappa shape index (κ1) is 14.9. The van der Waals surface area contributed by atoms with Crippen molar-refractivity contribution in [1.82, 2.24) is 25.0 Å². The Morgan fingerprint density at radius 1 is 1.60 bits per heavy atom. The van der Waals surface area contributed by atoms with Gasteiger partial charge in [-0.05, 0) is 27.2 Å². The van der Waals surface area contributed by atoms with Crippen LogP contribution in [0.5, 0.6) is 0 Å². The Balaban J connectivity index is 2.06. The van der Waals surface area contributed by atoms with Crippen LogP contribution in [0.15, 0.2) is 6.33 Å². The molecule has 0 aliphatic carbocycles. The fraction of sp³-hybridized carbons (Fsp3) is 0.769. The Morgan fingerprint density at radius 2 is 2.35 bits per heavy atom. The van der Waals surface area contributed by atoms with Gasteiger partial charge in [-0.3, -0.25) is 9.69 Å². The second-order valence-electron chi connectivity index (χ2n) is 5.60. The summed E-state index contributed by atoms with van der Waals surface area (Å²) in [4.78, 5) is 18.6. The number of nitrogens with one attached hydrogen (secondary N) is 1. The second-order valence-corrected chi connectivity index (χ2v) is 5.60. The van der Waals surface area contributed by atoms with E-state index in [1.165, 1.54) is 0 Å². The van der Waals surface area contributed by atoms with Crippen molar-refractivity contribution in [3.63, 3.8) is 0 Å². The number of aryl methyl sites for hydroxylation is 1. The van der Waals surface area contributed by atoms with Gasteiger partial charge in [0.05, 0.1) is 12.6 Å². The van der Waals surface area contributed by atoms with Gasteiger partial charge in [0.2, 0.25) is 5.91 Å². The van der Waals surface area contributed by atoms with Crippen molar-refractivity contribution in [2.24, 2.45) is 5.73 Å². The molecule has 3 N–H and O–H groups in total. The zero-order chi connectivity index (χ0) is 14.7. The SMILES string of the molecule is CCn1ncnc1CN1C[C@@H](N)C[C@H]1C(=O)NC(C)C. The molecule has 7 heteroatoms. The maximum atomic E-state index is 12.2. The molecule has 1 amide bonds. The van der Waals surface area contributed by atoms with Crippen LogP contribution in [0.2, 0.25) is 0 Å². The lowest BCUT2D eigenvalue weighted by molar-refractivity contribution is -0.126. The van der Waals surface area contributed by atoms with Crippen molar-refractivity contribution in [3.05, 3.63) is 12.2 Å². The Kier molecular flexibility index (Phi) is 4.72. The Bertz CT molecular complexity index is 457. The zero-order valence-corrected chi connectivity index (χ0v) is 12.4. The number of nitrogens with two attached hydrogens (primary N) is 1. The highest BCUT2D eigenvalue weighted by atomic mass is 16.2. The summed E-state index contributed by atoms with van der Waals surface area (Å²) in [5.74, 6) is 0.930. The number of hydrogen-bond donors (Lipinski definition) is 2. The van der Waals surface area contributed by atoms with Gasteiger partial charge in [-0.15, -0.1) is 0 Å². The van der Waals surface area contributed by atoms with E-state index in [4.69, 9.17) is 5.73 Å². The van der Waals surface area contributed by atoms with Gasteiger partial charge in [0.1, 0.15) is 12.2 Å². The molecule has 2 atom stereocenters. The van der Waals surface area contributed by atoms with Crippen LogP contribution >= 0.6 is 0 Å². The molecule has 1 aromatic rings. The molecule has 0 unspecified atom stereocenters. The van der Waals surface area contributed by atoms with Crippen LogP contribution in [0.3, 0.4) is 0 Å². The van der Waals surface area contributed by atoms with Gasteiger partial charge in [0.15, 0.2) is 0 Å². The maximum Gasteiger partial charge on any atom is 0.237 e. The van der Waals surface area contributed by atoms with Gasteiger partial charge in [-0.2, -0.15) is 5.10 Å². The monoisotopic (exact) mass is 280 g/mol. The normalized spacial score (nSPS) is 23.4. The first-order valence-electron chi connectivity index (χ1n) is 7.18. The van der Waals surface area contributed by atoms with E-state index in [1.807, 2.05) is 25.5 Å². The highest BCUT2D eigenvalue weighted by Crippen LogP contribution is 2.19. The van der Waals surface area contributed by atoms with E-state index in [-0.39, 0.29) is 24.0 Å². The van der Waals surface area contributed by atoms with Gasteiger partial charge >= 0.3 is 0 Å². The molecule has 2 heterocycles. The summed E-state index contributed by atoms with van der Waals surface area (Å²) >= 11 is 0. The molecule has 0 aromatic carbocycles. The standard InChI is InChI=1S/C13H24N6O/c1-4-19-12(15-8-16-19)7-18-6-10(14)5-11(18)13(20)17-9(2)3/h8-11H,4-7,14H2,1-3H3,(H,17,20)/t10-,11-/m0/s1. The van der Waals surface area contributed by atoms with Crippen LogP contribution in [0.25, 0.3) is 0 Å². The predicted octanol–water partition coefficient (Wildman–Crippen LogP) is -0.276. The number of hydrogen-bond acceptors (Lipinski definition) is 5. The molecule has 2 rings (SSSR count). The Labute approximate surface area is 119 Å². The summed E-state index contributed by atoms with van der Waals surface area (Å²) in [6.45, 7) is 8.05. The fourth-order valence-corrected chi connectivity index (χ4v) is 2.62. The second kappa shape index (κ2) is 6.32. The average Bonchev–Trinajstić information content (AvgIpc) is 2.95. The summed E-state index contributed by atoms with van der Waals surface area (Å²) in [6, 6.07) is 0.00536. The number of aromatic nitrogens is 3. The third kappa shape index (κ3) is 3.34. The molecule has 0 saturated carbocycles. The topological polar surface area (TPSA) is 89.1 Å². The molecular formula is C13H24N6O. The molecule has 0 radical (unpaired) electrons. The minimum atomic E-state index is -0.172.